The number of methoxy groups -OCH3 is 1. The minimum atomic E-state index is -1.14. The van der Waals surface area contributed by atoms with Crippen molar-refractivity contribution in [1.82, 2.24) is 5.43 Å². The summed E-state index contributed by atoms with van der Waals surface area (Å²) in [6, 6.07) is 8.40. The molecule has 0 atom stereocenters. The summed E-state index contributed by atoms with van der Waals surface area (Å²) >= 11 is 11.7. The van der Waals surface area contributed by atoms with Gasteiger partial charge in [0, 0.05) is 9.86 Å². The van der Waals surface area contributed by atoms with E-state index in [0.717, 1.165) is 13.4 Å². The molecule has 0 saturated heterocycles. The lowest BCUT2D eigenvalue weighted by Gasteiger charge is -2.11. The Morgan fingerprint density at radius 2 is 2.10 bits per heavy atom. The highest BCUT2D eigenvalue weighted by atomic mass is 127. The van der Waals surface area contributed by atoms with Crippen LogP contribution in [0.3, 0.4) is 0 Å². The van der Waals surface area contributed by atoms with Gasteiger partial charge in [0.05, 0.1) is 21.9 Å². The van der Waals surface area contributed by atoms with E-state index in [0.29, 0.717) is 11.1 Å². The van der Waals surface area contributed by atoms with E-state index in [1.165, 1.54) is 19.4 Å². The van der Waals surface area contributed by atoms with Crippen molar-refractivity contribution in [3.63, 3.8) is 0 Å². The third kappa shape index (κ3) is 5.24. The van der Waals surface area contributed by atoms with E-state index >= 15 is 0 Å². The van der Waals surface area contributed by atoms with Crippen molar-refractivity contribution in [1.29, 1.82) is 0 Å². The zero-order valence-corrected chi connectivity index (χ0v) is 19.7. The number of furan rings is 1. The van der Waals surface area contributed by atoms with Crippen molar-refractivity contribution in [2.45, 2.75) is 0 Å². The van der Waals surface area contributed by atoms with Crippen LogP contribution in [0.4, 0.5) is 0 Å². The van der Waals surface area contributed by atoms with Gasteiger partial charge in [0.2, 0.25) is 0 Å². The molecule has 1 amide bonds. The second kappa shape index (κ2) is 9.67. The zero-order valence-electron chi connectivity index (χ0n) is 15.2. The fourth-order valence-electron chi connectivity index (χ4n) is 2.50. The lowest BCUT2D eigenvalue weighted by Crippen LogP contribution is -2.16. The average Bonchev–Trinajstić information content (AvgIpc) is 3.11. The van der Waals surface area contributed by atoms with Crippen LogP contribution in [0, 0.1) is 3.57 Å². The quantitative estimate of drug-likeness (QED) is 0.229. The summed E-state index contributed by atoms with van der Waals surface area (Å²) in [4.78, 5) is 23.0. The van der Waals surface area contributed by atoms with Gasteiger partial charge in [-0.2, -0.15) is 5.10 Å². The summed E-state index contributed by atoms with van der Waals surface area (Å²) in [5.41, 5.74) is 3.50. The first-order valence-electron chi connectivity index (χ1n) is 8.22. The number of amides is 1. The van der Waals surface area contributed by atoms with E-state index in [-0.39, 0.29) is 22.3 Å². The van der Waals surface area contributed by atoms with E-state index in [9.17, 15) is 9.59 Å². The predicted octanol–water partition coefficient (Wildman–Crippen LogP) is 4.69. The fraction of sp³-hybridized carbons (Fsp3) is 0.105. The molecular formula is C19H13BrClIN2O6. The molecule has 30 heavy (non-hydrogen) atoms. The molecule has 0 aliphatic carbocycles. The number of rotatable bonds is 7. The Kier molecular flexibility index (Phi) is 7.21. The zero-order chi connectivity index (χ0) is 21.8. The van der Waals surface area contributed by atoms with Crippen LogP contribution in [0.2, 0.25) is 5.02 Å². The van der Waals surface area contributed by atoms with Crippen LogP contribution < -0.4 is 14.9 Å². The maximum atomic E-state index is 12.3. The Balaban J connectivity index is 1.74. The lowest BCUT2D eigenvalue weighted by molar-refractivity contribution is -0.139. The standard InChI is InChI=1S/C19H13BrClIN2O6/c1-28-14-3-9(2-12(21)18(14)29-8-16(25)26)7-23-24-19(27)15-5-10-4-11(20)6-13(22)17(10)30-15/h2-7H,8H2,1H3,(H,24,27)(H,25,26)/b23-7-. The lowest BCUT2D eigenvalue weighted by atomic mass is 10.2. The van der Waals surface area contributed by atoms with Gasteiger partial charge in [-0.05, 0) is 58.5 Å². The number of halogens is 3. The van der Waals surface area contributed by atoms with Crippen molar-refractivity contribution in [3.8, 4) is 11.5 Å². The number of nitrogens with one attached hydrogen (secondary N) is 1. The van der Waals surface area contributed by atoms with E-state index in [4.69, 9.17) is 30.6 Å². The first-order chi connectivity index (χ1) is 14.3. The van der Waals surface area contributed by atoms with Gasteiger partial charge in [-0.3, -0.25) is 4.79 Å². The van der Waals surface area contributed by atoms with Gasteiger partial charge in [-0.1, -0.05) is 27.5 Å². The third-order valence-corrected chi connectivity index (χ3v) is 5.27. The molecular weight excluding hydrogens is 594 g/mol. The maximum Gasteiger partial charge on any atom is 0.341 e. The molecule has 8 nitrogen and oxygen atoms in total. The van der Waals surface area contributed by atoms with Crippen molar-refractivity contribution in [3.05, 3.63) is 54.7 Å². The Morgan fingerprint density at radius 3 is 2.80 bits per heavy atom. The summed E-state index contributed by atoms with van der Waals surface area (Å²) in [5, 5.41) is 13.6. The van der Waals surface area contributed by atoms with Gasteiger partial charge in [-0.15, -0.1) is 0 Å². The molecule has 0 unspecified atom stereocenters. The van der Waals surface area contributed by atoms with Crippen LogP contribution in [0.5, 0.6) is 11.5 Å². The van der Waals surface area contributed by atoms with E-state index in [1.54, 1.807) is 12.1 Å². The Morgan fingerprint density at radius 1 is 1.33 bits per heavy atom. The number of carboxylic acids is 1. The summed E-state index contributed by atoms with van der Waals surface area (Å²) in [6.45, 7) is -0.563. The molecule has 0 saturated carbocycles. The van der Waals surface area contributed by atoms with Crippen LogP contribution in [-0.2, 0) is 4.79 Å². The van der Waals surface area contributed by atoms with Gasteiger partial charge in [0.1, 0.15) is 5.58 Å². The highest BCUT2D eigenvalue weighted by Crippen LogP contribution is 2.36. The summed E-state index contributed by atoms with van der Waals surface area (Å²) in [6.07, 6.45) is 1.36. The third-order valence-electron chi connectivity index (χ3n) is 3.73. The number of hydrogen-bond acceptors (Lipinski definition) is 6. The number of aliphatic carboxylic acids is 1. The van der Waals surface area contributed by atoms with Gasteiger partial charge < -0.3 is 19.0 Å². The minimum absolute atomic E-state index is 0.103. The number of hydrazone groups is 1. The number of nitrogens with zero attached hydrogens (tertiary/aromatic N) is 1. The maximum absolute atomic E-state index is 12.3. The van der Waals surface area contributed by atoms with Gasteiger partial charge in [-0.25, -0.2) is 10.2 Å². The second-order valence-corrected chi connectivity index (χ2v) is 8.32. The molecule has 0 aliphatic rings. The number of hydrogen-bond donors (Lipinski definition) is 2. The Bertz CT molecular complexity index is 1160. The smallest absolute Gasteiger partial charge is 0.341 e. The Labute approximate surface area is 197 Å². The molecule has 2 N–H and O–H groups in total. The molecule has 3 aromatic rings. The highest BCUT2D eigenvalue weighted by Gasteiger charge is 2.15. The Hall–Kier alpha value is -2.31. The molecule has 1 aromatic heterocycles. The molecule has 11 heteroatoms. The molecule has 0 spiro atoms. The molecule has 2 aromatic carbocycles. The van der Waals surface area contributed by atoms with Crippen LogP contribution in [0.25, 0.3) is 11.0 Å². The average molecular weight is 608 g/mol. The number of fused-ring (bicyclic) bond motifs is 1. The van der Waals surface area contributed by atoms with E-state index in [1.807, 2.05) is 12.1 Å². The van der Waals surface area contributed by atoms with Gasteiger partial charge in [0.15, 0.2) is 23.9 Å². The molecule has 3 rings (SSSR count). The van der Waals surface area contributed by atoms with Crippen LogP contribution in [-0.4, -0.2) is 36.9 Å². The van der Waals surface area contributed by atoms with Crippen molar-refractivity contribution in [2.24, 2.45) is 5.10 Å². The fourth-order valence-corrected chi connectivity index (χ4v) is 4.43. The van der Waals surface area contributed by atoms with Crippen molar-refractivity contribution in [2.75, 3.05) is 13.7 Å². The van der Waals surface area contributed by atoms with Crippen LogP contribution >= 0.6 is 50.1 Å². The van der Waals surface area contributed by atoms with Crippen LogP contribution in [0.1, 0.15) is 16.1 Å². The van der Waals surface area contributed by atoms with E-state index in [2.05, 4.69) is 49.0 Å². The van der Waals surface area contributed by atoms with Gasteiger partial charge in [0.25, 0.3) is 0 Å². The predicted molar refractivity (Wildman–Crippen MR) is 123 cm³/mol. The molecule has 0 aliphatic heterocycles. The second-order valence-electron chi connectivity index (χ2n) is 5.83. The van der Waals surface area contributed by atoms with Crippen LogP contribution in [0.15, 0.2) is 44.3 Å². The number of carbonyl (C=O) groups is 2. The monoisotopic (exact) mass is 606 g/mol. The highest BCUT2D eigenvalue weighted by molar-refractivity contribution is 14.1. The number of benzene rings is 2. The molecule has 1 heterocycles. The summed E-state index contributed by atoms with van der Waals surface area (Å²) in [7, 11) is 1.39. The molecule has 0 bridgehead atoms. The normalized spacial score (nSPS) is 11.1. The minimum Gasteiger partial charge on any atom is -0.493 e. The number of carboxylic acid groups (broad SMARTS) is 1. The molecule has 0 radical (unpaired) electrons. The van der Waals surface area contributed by atoms with Crippen molar-refractivity contribution >= 4 is 79.2 Å². The summed E-state index contributed by atoms with van der Waals surface area (Å²) < 4.78 is 17.7. The largest absolute Gasteiger partial charge is 0.493 e. The topological polar surface area (TPSA) is 110 Å². The summed E-state index contributed by atoms with van der Waals surface area (Å²) in [5.74, 6) is -1.21. The van der Waals surface area contributed by atoms with Crippen molar-refractivity contribution < 1.29 is 28.6 Å². The first kappa shape index (κ1) is 22.4. The molecule has 0 fully saturated rings. The van der Waals surface area contributed by atoms with E-state index < -0.39 is 18.5 Å². The molecule has 156 valence electrons. The first-order valence-corrected chi connectivity index (χ1v) is 10.5. The number of carbonyl (C=O) groups excluding carboxylic acids is 1. The number of ether oxygens (including phenoxy) is 2. The van der Waals surface area contributed by atoms with Gasteiger partial charge >= 0.3 is 11.9 Å². The SMILES string of the molecule is COc1cc(/C=N\NC(=O)c2cc3cc(Br)cc(I)c3o2)cc(Cl)c1OCC(=O)O.